The molecule has 0 spiro atoms. The molecule has 1 aromatic heterocycles. The third-order valence-corrected chi connectivity index (χ3v) is 5.62. The van der Waals surface area contributed by atoms with Gasteiger partial charge in [0.05, 0.1) is 0 Å². The Morgan fingerprint density at radius 3 is 2.41 bits per heavy atom. The lowest BCUT2D eigenvalue weighted by Crippen LogP contribution is -2.50. The van der Waals surface area contributed by atoms with Crippen LogP contribution in [-0.4, -0.2) is 34.3 Å². The molecule has 5 nitrogen and oxygen atoms in total. The van der Waals surface area contributed by atoms with Gasteiger partial charge in [0.1, 0.15) is 5.60 Å². The quantitative estimate of drug-likeness (QED) is 0.749. The molecule has 2 aromatic rings. The number of rotatable bonds is 3. The zero-order valence-corrected chi connectivity index (χ0v) is 18.1. The summed E-state index contributed by atoms with van der Waals surface area (Å²) in [4.78, 5) is 26.9. The molecule has 1 amide bonds. The van der Waals surface area contributed by atoms with Crippen molar-refractivity contribution in [1.82, 2.24) is 9.47 Å². The minimum Gasteiger partial charge on any atom is -0.444 e. The van der Waals surface area contributed by atoms with E-state index in [-0.39, 0.29) is 17.1 Å². The second kappa shape index (κ2) is 8.05. The van der Waals surface area contributed by atoms with Gasteiger partial charge in [-0.15, -0.1) is 0 Å². The first-order chi connectivity index (χ1) is 13.5. The van der Waals surface area contributed by atoms with Crippen molar-refractivity contribution in [3.63, 3.8) is 0 Å². The van der Waals surface area contributed by atoms with Gasteiger partial charge in [0.15, 0.2) is 0 Å². The van der Waals surface area contributed by atoms with E-state index in [1.807, 2.05) is 63.4 Å². The van der Waals surface area contributed by atoms with E-state index in [9.17, 15) is 9.59 Å². The van der Waals surface area contributed by atoms with E-state index in [1.54, 1.807) is 15.5 Å². The van der Waals surface area contributed by atoms with E-state index in [1.165, 1.54) is 0 Å². The Hall–Kier alpha value is -2.56. The summed E-state index contributed by atoms with van der Waals surface area (Å²) >= 11 is 0. The molecule has 2 heterocycles. The van der Waals surface area contributed by atoms with E-state index in [2.05, 4.69) is 13.8 Å². The number of carbonyl (C=O) groups is 1. The van der Waals surface area contributed by atoms with Gasteiger partial charge in [-0.3, -0.25) is 4.79 Å². The zero-order valence-electron chi connectivity index (χ0n) is 18.1. The number of carbonyl (C=O) groups excluding carboxylic acids is 1. The van der Waals surface area contributed by atoms with Gasteiger partial charge in [0, 0.05) is 31.9 Å². The van der Waals surface area contributed by atoms with E-state index in [4.69, 9.17) is 4.74 Å². The summed E-state index contributed by atoms with van der Waals surface area (Å²) in [5.41, 5.74) is 1.39. The minimum atomic E-state index is -0.494. The molecule has 1 atom stereocenters. The molecule has 1 saturated heterocycles. The number of ether oxygens (including phenoxy) is 1. The summed E-state index contributed by atoms with van der Waals surface area (Å²) in [6, 6.07) is 13.6. The summed E-state index contributed by atoms with van der Waals surface area (Å²) in [7, 11) is 0. The first-order valence-corrected chi connectivity index (χ1v) is 10.3. The fourth-order valence-electron chi connectivity index (χ4n) is 3.93. The summed E-state index contributed by atoms with van der Waals surface area (Å²) in [6.45, 7) is 11.9. The summed E-state index contributed by atoms with van der Waals surface area (Å²) < 4.78 is 7.32. The molecule has 0 radical (unpaired) electrons. The number of piperidine rings is 1. The second-order valence-corrected chi connectivity index (χ2v) is 9.65. The van der Waals surface area contributed by atoms with E-state index in [0.717, 1.165) is 17.5 Å². The number of benzene rings is 1. The van der Waals surface area contributed by atoms with Crippen molar-refractivity contribution in [1.29, 1.82) is 0 Å². The van der Waals surface area contributed by atoms with Crippen LogP contribution >= 0.6 is 0 Å². The predicted octanol–water partition coefficient (Wildman–Crippen LogP) is 4.80. The van der Waals surface area contributed by atoms with Gasteiger partial charge in [-0.2, -0.15) is 0 Å². The Balaban J connectivity index is 1.70. The maximum absolute atomic E-state index is 12.7. The van der Waals surface area contributed by atoms with Crippen molar-refractivity contribution in [2.45, 2.75) is 53.2 Å². The molecular weight excluding hydrogens is 364 g/mol. The van der Waals surface area contributed by atoms with Crippen LogP contribution < -0.4 is 5.56 Å². The van der Waals surface area contributed by atoms with Gasteiger partial charge in [-0.1, -0.05) is 44.2 Å². The highest BCUT2D eigenvalue weighted by molar-refractivity contribution is 5.68. The van der Waals surface area contributed by atoms with Gasteiger partial charge in [-0.05, 0) is 55.7 Å². The third-order valence-electron chi connectivity index (χ3n) is 5.62. The molecule has 3 rings (SSSR count). The number of amides is 1. The van der Waals surface area contributed by atoms with E-state index >= 15 is 0 Å². The molecule has 0 aliphatic carbocycles. The van der Waals surface area contributed by atoms with E-state index in [0.29, 0.717) is 25.6 Å². The van der Waals surface area contributed by atoms with Crippen molar-refractivity contribution >= 4 is 6.09 Å². The first kappa shape index (κ1) is 21.2. The lowest BCUT2D eigenvalue weighted by molar-refractivity contribution is -0.00687. The van der Waals surface area contributed by atoms with Crippen molar-refractivity contribution in [3.8, 4) is 11.1 Å². The summed E-state index contributed by atoms with van der Waals surface area (Å²) in [5.74, 6) is 0.307. The van der Waals surface area contributed by atoms with Crippen LogP contribution in [0.1, 0.15) is 41.0 Å². The molecule has 0 N–H and O–H groups in total. The Morgan fingerprint density at radius 2 is 1.83 bits per heavy atom. The Morgan fingerprint density at radius 1 is 1.14 bits per heavy atom. The number of pyridine rings is 1. The minimum absolute atomic E-state index is 0.0109. The molecule has 1 aliphatic rings. The normalized spacial score (nSPS) is 19.1. The van der Waals surface area contributed by atoms with Crippen LogP contribution in [0, 0.1) is 11.3 Å². The number of nitrogens with zero attached hydrogens (tertiary/aromatic N) is 2. The topological polar surface area (TPSA) is 51.5 Å². The van der Waals surface area contributed by atoms with Crippen molar-refractivity contribution < 1.29 is 9.53 Å². The van der Waals surface area contributed by atoms with Crippen LogP contribution in [-0.2, 0) is 11.3 Å². The van der Waals surface area contributed by atoms with Gasteiger partial charge >= 0.3 is 6.09 Å². The smallest absolute Gasteiger partial charge is 0.410 e. The van der Waals surface area contributed by atoms with Gasteiger partial charge in [-0.25, -0.2) is 4.79 Å². The zero-order chi connectivity index (χ0) is 21.2. The molecule has 0 unspecified atom stereocenters. The number of hydrogen-bond donors (Lipinski definition) is 0. The Kier molecular flexibility index (Phi) is 5.87. The van der Waals surface area contributed by atoms with Crippen molar-refractivity contribution in [2.75, 3.05) is 13.1 Å². The third kappa shape index (κ3) is 5.28. The van der Waals surface area contributed by atoms with Gasteiger partial charge in [0.25, 0.3) is 5.56 Å². The molecule has 5 heteroatoms. The Labute approximate surface area is 173 Å². The van der Waals surface area contributed by atoms with Gasteiger partial charge < -0.3 is 14.2 Å². The maximum Gasteiger partial charge on any atom is 0.410 e. The molecule has 29 heavy (non-hydrogen) atoms. The van der Waals surface area contributed by atoms with Crippen LogP contribution in [0.3, 0.4) is 0 Å². The molecule has 1 aliphatic heterocycles. The average Bonchev–Trinajstić information content (AvgIpc) is 2.63. The standard InChI is InChI=1S/C24H32N2O3/c1-23(2,3)29-22(28)26-14-12-20(24(4,5)17-26)16-25-13-11-19(15-21(25)27)18-9-7-6-8-10-18/h6-11,13,15,20H,12,14,16-17H2,1-5H3/t20-/m1/s1. The summed E-state index contributed by atoms with van der Waals surface area (Å²) in [5, 5.41) is 0. The number of aromatic nitrogens is 1. The average molecular weight is 397 g/mol. The van der Waals surface area contributed by atoms with Crippen LogP contribution in [0.25, 0.3) is 11.1 Å². The van der Waals surface area contributed by atoms with Crippen LogP contribution in [0.15, 0.2) is 53.5 Å². The van der Waals surface area contributed by atoms with Crippen LogP contribution in [0.2, 0.25) is 0 Å². The predicted molar refractivity (Wildman–Crippen MR) is 116 cm³/mol. The summed E-state index contributed by atoms with van der Waals surface area (Å²) in [6.07, 6.45) is 2.48. The lowest BCUT2D eigenvalue weighted by atomic mass is 9.74. The van der Waals surface area contributed by atoms with Crippen molar-refractivity contribution in [2.24, 2.45) is 11.3 Å². The largest absolute Gasteiger partial charge is 0.444 e. The van der Waals surface area contributed by atoms with Gasteiger partial charge in [0.2, 0.25) is 0 Å². The van der Waals surface area contributed by atoms with E-state index < -0.39 is 5.60 Å². The lowest BCUT2D eigenvalue weighted by Gasteiger charge is -2.44. The first-order valence-electron chi connectivity index (χ1n) is 10.3. The fraction of sp³-hybridized carbons (Fsp3) is 0.500. The number of hydrogen-bond acceptors (Lipinski definition) is 3. The van der Waals surface area contributed by atoms with Crippen LogP contribution in [0.5, 0.6) is 0 Å². The van der Waals surface area contributed by atoms with Crippen molar-refractivity contribution in [3.05, 3.63) is 59.0 Å². The second-order valence-electron chi connectivity index (χ2n) is 9.65. The fourth-order valence-corrected chi connectivity index (χ4v) is 3.93. The maximum atomic E-state index is 12.7. The highest BCUT2D eigenvalue weighted by Crippen LogP contribution is 2.36. The Bertz CT molecular complexity index is 910. The molecule has 0 saturated carbocycles. The molecular formula is C24H32N2O3. The highest BCUT2D eigenvalue weighted by Gasteiger charge is 2.39. The molecule has 0 bridgehead atoms. The monoisotopic (exact) mass is 396 g/mol. The molecule has 156 valence electrons. The van der Waals surface area contributed by atoms with Crippen LogP contribution in [0.4, 0.5) is 4.79 Å². The highest BCUT2D eigenvalue weighted by atomic mass is 16.6. The number of likely N-dealkylation sites (tertiary alicyclic amines) is 1. The SMILES string of the molecule is CC(C)(C)OC(=O)N1CC[C@H](Cn2ccc(-c3ccccc3)cc2=O)C(C)(C)C1. The molecule has 1 aromatic carbocycles. The molecule has 1 fully saturated rings.